The molecule has 248 valence electrons. The van der Waals surface area contributed by atoms with Gasteiger partial charge in [-0.3, -0.25) is 0 Å². The van der Waals surface area contributed by atoms with Gasteiger partial charge in [-0.15, -0.1) is 0 Å². The zero-order valence-electron chi connectivity index (χ0n) is 28.7. The molecule has 0 amide bonds. The van der Waals surface area contributed by atoms with Gasteiger partial charge in [-0.05, 0) is 93.0 Å². The van der Waals surface area contributed by atoms with Crippen LogP contribution in [-0.4, -0.2) is 0 Å². The molecular weight excluding hydrogens is 647 g/mol. The van der Waals surface area contributed by atoms with E-state index in [4.69, 9.17) is 8.83 Å². The summed E-state index contributed by atoms with van der Waals surface area (Å²) in [6.07, 6.45) is 0. The smallest absolute Gasteiger partial charge is 0.143 e. The molecule has 0 aliphatic carbocycles. The highest BCUT2D eigenvalue weighted by molar-refractivity contribution is 6.21. The van der Waals surface area contributed by atoms with E-state index in [2.05, 4.69) is 181 Å². The van der Waals surface area contributed by atoms with Crippen LogP contribution in [0.15, 0.2) is 197 Å². The zero-order valence-corrected chi connectivity index (χ0v) is 28.7. The number of rotatable bonds is 5. The predicted molar refractivity (Wildman–Crippen MR) is 222 cm³/mol. The van der Waals surface area contributed by atoms with Gasteiger partial charge in [0.2, 0.25) is 0 Å². The average Bonchev–Trinajstić information content (AvgIpc) is 3.81. The first-order valence-corrected chi connectivity index (χ1v) is 18.0. The van der Waals surface area contributed by atoms with Gasteiger partial charge in [0.25, 0.3) is 0 Å². The van der Waals surface area contributed by atoms with E-state index in [-0.39, 0.29) is 0 Å². The van der Waals surface area contributed by atoms with Crippen LogP contribution in [0.1, 0.15) is 0 Å². The maximum Gasteiger partial charge on any atom is 0.143 e. The molecule has 0 saturated carbocycles. The van der Waals surface area contributed by atoms with Crippen molar-refractivity contribution in [3.8, 4) is 22.3 Å². The van der Waals surface area contributed by atoms with Gasteiger partial charge >= 0.3 is 0 Å². The van der Waals surface area contributed by atoms with E-state index < -0.39 is 0 Å². The Balaban J connectivity index is 1.11. The van der Waals surface area contributed by atoms with Crippen LogP contribution in [0.5, 0.6) is 0 Å². The zero-order chi connectivity index (χ0) is 34.9. The monoisotopic (exact) mass is 677 g/mol. The Morgan fingerprint density at radius 2 is 0.925 bits per heavy atom. The van der Waals surface area contributed by atoms with Crippen LogP contribution in [0.25, 0.3) is 87.7 Å². The van der Waals surface area contributed by atoms with Gasteiger partial charge in [0, 0.05) is 21.8 Å². The molecule has 0 aliphatic rings. The average molecular weight is 678 g/mol. The largest absolute Gasteiger partial charge is 0.456 e. The first-order chi connectivity index (χ1) is 26.3. The van der Waals surface area contributed by atoms with Crippen molar-refractivity contribution < 1.29 is 8.83 Å². The minimum atomic E-state index is 0.852. The quantitative estimate of drug-likeness (QED) is 0.182. The molecular formula is C50H31NO2. The van der Waals surface area contributed by atoms with Crippen LogP contribution in [0.2, 0.25) is 0 Å². The minimum absolute atomic E-state index is 0.852. The van der Waals surface area contributed by atoms with Crippen molar-refractivity contribution in [1.29, 1.82) is 0 Å². The Morgan fingerprint density at radius 3 is 1.74 bits per heavy atom. The number of hydrogen-bond acceptors (Lipinski definition) is 3. The third-order valence-electron chi connectivity index (χ3n) is 10.6. The lowest BCUT2D eigenvalue weighted by atomic mass is 9.95. The molecule has 3 heteroatoms. The molecule has 53 heavy (non-hydrogen) atoms. The van der Waals surface area contributed by atoms with Gasteiger partial charge in [-0.25, -0.2) is 0 Å². The fourth-order valence-electron chi connectivity index (χ4n) is 8.22. The van der Waals surface area contributed by atoms with E-state index in [0.29, 0.717) is 0 Å². The van der Waals surface area contributed by atoms with Crippen LogP contribution in [0.4, 0.5) is 17.1 Å². The third kappa shape index (κ3) is 4.68. The van der Waals surface area contributed by atoms with Crippen molar-refractivity contribution in [2.75, 3.05) is 4.90 Å². The summed E-state index contributed by atoms with van der Waals surface area (Å²) in [5.74, 6) is 0. The normalized spacial score (nSPS) is 11.8. The first kappa shape index (κ1) is 29.6. The minimum Gasteiger partial charge on any atom is -0.456 e. The SMILES string of the molecule is c1cc(-c2ccc(N(c3cccc4oc5ccccc5c34)c3cccc4oc5c6ccccc6ccc5c34)cc2)cc(-c2cccc3ccccc23)c1. The molecule has 0 bridgehead atoms. The second-order valence-corrected chi connectivity index (χ2v) is 13.7. The second kappa shape index (κ2) is 11.7. The fourth-order valence-corrected chi connectivity index (χ4v) is 8.22. The molecule has 0 unspecified atom stereocenters. The molecule has 9 aromatic carbocycles. The lowest BCUT2D eigenvalue weighted by molar-refractivity contribution is 0.669. The predicted octanol–water partition coefficient (Wildman–Crippen LogP) is 14.6. The molecule has 3 nitrogen and oxygen atoms in total. The van der Waals surface area contributed by atoms with Gasteiger partial charge in [0.1, 0.15) is 22.3 Å². The Hall–Kier alpha value is -7.10. The van der Waals surface area contributed by atoms with Crippen molar-refractivity contribution >= 4 is 82.5 Å². The van der Waals surface area contributed by atoms with E-state index in [1.807, 2.05) is 12.1 Å². The van der Waals surface area contributed by atoms with Crippen LogP contribution in [0.3, 0.4) is 0 Å². The molecule has 0 spiro atoms. The molecule has 11 aromatic rings. The van der Waals surface area contributed by atoms with Crippen molar-refractivity contribution in [2.45, 2.75) is 0 Å². The lowest BCUT2D eigenvalue weighted by Gasteiger charge is -2.27. The molecule has 11 rings (SSSR count). The number of furan rings is 2. The fraction of sp³-hybridized carbons (Fsp3) is 0. The number of para-hydroxylation sites is 1. The summed E-state index contributed by atoms with van der Waals surface area (Å²) in [7, 11) is 0. The van der Waals surface area contributed by atoms with Gasteiger partial charge in [-0.1, -0.05) is 133 Å². The Morgan fingerprint density at radius 1 is 0.340 bits per heavy atom. The molecule has 0 fully saturated rings. The van der Waals surface area contributed by atoms with E-state index in [9.17, 15) is 0 Å². The number of hydrogen-bond donors (Lipinski definition) is 0. The summed E-state index contributed by atoms with van der Waals surface area (Å²) in [5, 5.41) is 9.09. The van der Waals surface area contributed by atoms with Crippen LogP contribution >= 0.6 is 0 Å². The topological polar surface area (TPSA) is 29.5 Å². The Bertz CT molecular complexity index is 3180. The Kier molecular flexibility index (Phi) is 6.55. The van der Waals surface area contributed by atoms with E-state index >= 15 is 0 Å². The summed E-state index contributed by atoms with van der Waals surface area (Å²) in [6.45, 7) is 0. The number of nitrogens with zero attached hydrogens (tertiary/aromatic N) is 1. The maximum atomic E-state index is 6.68. The Labute approximate surface area is 305 Å². The summed E-state index contributed by atoms with van der Waals surface area (Å²) in [4.78, 5) is 2.37. The van der Waals surface area contributed by atoms with Crippen LogP contribution < -0.4 is 4.90 Å². The van der Waals surface area contributed by atoms with Gasteiger partial charge < -0.3 is 13.7 Å². The maximum absolute atomic E-state index is 6.68. The highest BCUT2D eigenvalue weighted by Gasteiger charge is 2.23. The van der Waals surface area contributed by atoms with Crippen molar-refractivity contribution in [1.82, 2.24) is 0 Å². The molecule has 0 saturated heterocycles. The highest BCUT2D eigenvalue weighted by Crippen LogP contribution is 2.48. The third-order valence-corrected chi connectivity index (χ3v) is 10.6. The number of fused-ring (bicyclic) bond motifs is 9. The lowest BCUT2D eigenvalue weighted by Crippen LogP contribution is -2.10. The molecule has 0 radical (unpaired) electrons. The van der Waals surface area contributed by atoms with E-state index in [1.165, 1.54) is 27.5 Å². The van der Waals surface area contributed by atoms with Gasteiger partial charge in [-0.2, -0.15) is 0 Å². The molecule has 0 atom stereocenters. The van der Waals surface area contributed by atoms with E-state index in [1.54, 1.807) is 0 Å². The van der Waals surface area contributed by atoms with Gasteiger partial charge in [0.05, 0.1) is 22.1 Å². The van der Waals surface area contributed by atoms with Crippen molar-refractivity contribution in [3.63, 3.8) is 0 Å². The van der Waals surface area contributed by atoms with Crippen molar-refractivity contribution in [2.24, 2.45) is 0 Å². The first-order valence-electron chi connectivity index (χ1n) is 18.0. The number of benzene rings is 9. The second-order valence-electron chi connectivity index (χ2n) is 13.7. The summed E-state index contributed by atoms with van der Waals surface area (Å²) < 4.78 is 13.1. The summed E-state index contributed by atoms with van der Waals surface area (Å²) in [6, 6.07) is 66.8. The molecule has 0 N–H and O–H groups in total. The van der Waals surface area contributed by atoms with Crippen LogP contribution in [-0.2, 0) is 0 Å². The van der Waals surface area contributed by atoms with Gasteiger partial charge in [0.15, 0.2) is 0 Å². The summed E-state index contributed by atoms with van der Waals surface area (Å²) in [5.41, 5.74) is 11.4. The molecule has 0 aliphatic heterocycles. The standard InChI is InChI=1S/C50H31NO2/c1-3-16-38-33(11-1)13-8-19-39(38)36-15-7-14-35(31-36)32-25-28-37(29-26-32)51(43-20-9-23-46-48(43)41-18-5-6-22-45(41)52-46)44-21-10-24-47-49(44)42-30-27-34-12-2-4-17-40(34)50(42)53-47/h1-31H. The molecule has 2 heterocycles. The van der Waals surface area contributed by atoms with Crippen LogP contribution in [0, 0.1) is 0 Å². The van der Waals surface area contributed by atoms with E-state index in [0.717, 1.165) is 77.3 Å². The highest BCUT2D eigenvalue weighted by atomic mass is 16.3. The number of anilines is 3. The molecule has 2 aromatic heterocycles. The summed E-state index contributed by atoms with van der Waals surface area (Å²) >= 11 is 0. The van der Waals surface area contributed by atoms with Crippen molar-refractivity contribution in [3.05, 3.63) is 188 Å².